The van der Waals surface area contributed by atoms with Crippen molar-refractivity contribution in [2.45, 2.75) is 32.9 Å². The van der Waals surface area contributed by atoms with Crippen LogP contribution in [0.25, 0.3) is 5.70 Å². The van der Waals surface area contributed by atoms with Gasteiger partial charge in [-0.15, -0.1) is 0 Å². The van der Waals surface area contributed by atoms with Gasteiger partial charge in [-0.1, -0.05) is 23.7 Å². The van der Waals surface area contributed by atoms with Crippen molar-refractivity contribution in [1.29, 1.82) is 0 Å². The van der Waals surface area contributed by atoms with Crippen molar-refractivity contribution in [2.75, 3.05) is 31.2 Å². The molecule has 2 atom stereocenters. The zero-order valence-corrected chi connectivity index (χ0v) is 20.7. The summed E-state index contributed by atoms with van der Waals surface area (Å²) in [5, 5.41) is 3.95. The minimum absolute atomic E-state index is 0.230. The molecule has 9 nitrogen and oxygen atoms in total. The highest BCUT2D eigenvalue weighted by Crippen LogP contribution is 2.25. The Balaban J connectivity index is 1.45. The molecule has 1 fully saturated rings. The molecule has 0 saturated carbocycles. The Morgan fingerprint density at radius 1 is 1.23 bits per heavy atom. The molecule has 0 aliphatic carbocycles. The van der Waals surface area contributed by atoms with Crippen LogP contribution in [0.1, 0.15) is 48.5 Å². The number of aliphatic imine (C=N–C) groups is 2. The Kier molecular flexibility index (Phi) is 7.67. The maximum atomic E-state index is 11.5. The summed E-state index contributed by atoms with van der Waals surface area (Å²) in [6.07, 6.45) is 1.05. The quantitative estimate of drug-likeness (QED) is 0.633. The SMILES string of the molecule is C/C(Cl)=C(\NC1=NC(OC(C)c2cc(C(N)=O)ccn2)=NC1C)c1ccc(N2CCOCC2)cc1. The minimum Gasteiger partial charge on any atom is -0.454 e. The van der Waals surface area contributed by atoms with E-state index in [1.54, 1.807) is 12.1 Å². The molecule has 3 N–H and O–H groups in total. The molecule has 35 heavy (non-hydrogen) atoms. The number of hydrogen-bond donors (Lipinski definition) is 2. The number of amidine groups is 2. The van der Waals surface area contributed by atoms with Gasteiger partial charge in [0.1, 0.15) is 18.0 Å². The van der Waals surface area contributed by atoms with Crippen LogP contribution in [0.5, 0.6) is 0 Å². The van der Waals surface area contributed by atoms with Gasteiger partial charge in [-0.3, -0.25) is 9.78 Å². The first-order valence-corrected chi connectivity index (χ1v) is 11.8. The fourth-order valence-electron chi connectivity index (χ4n) is 3.83. The van der Waals surface area contributed by atoms with E-state index < -0.39 is 12.0 Å². The number of nitrogens with one attached hydrogen (secondary N) is 1. The summed E-state index contributed by atoms with van der Waals surface area (Å²) in [5.74, 6) is 0.101. The van der Waals surface area contributed by atoms with Crippen LogP contribution in [-0.2, 0) is 9.47 Å². The first kappa shape index (κ1) is 24.7. The standard InChI is InChI=1S/C25H29ClN6O3/c1-15(26)22(18-4-6-20(7-5-18)32-10-12-34-13-11-32)30-24-16(2)29-25(31-24)35-17(3)21-14-19(23(27)33)8-9-28-21/h4-9,14,16-17H,10-13H2,1-3H3,(H2,27,33)(H,29,30,31)/b22-15+. The van der Waals surface area contributed by atoms with Crippen molar-refractivity contribution in [3.05, 3.63) is 64.4 Å². The van der Waals surface area contributed by atoms with Gasteiger partial charge in [0.25, 0.3) is 0 Å². The number of morpholine rings is 1. The van der Waals surface area contributed by atoms with Gasteiger partial charge in [-0.2, -0.15) is 4.99 Å². The van der Waals surface area contributed by atoms with E-state index in [1.807, 2.05) is 32.9 Å². The minimum atomic E-state index is -0.522. The van der Waals surface area contributed by atoms with Gasteiger partial charge in [-0.05, 0) is 50.6 Å². The largest absolute Gasteiger partial charge is 0.454 e. The maximum Gasteiger partial charge on any atom is 0.314 e. The molecule has 184 valence electrons. The van der Waals surface area contributed by atoms with Crippen molar-refractivity contribution in [1.82, 2.24) is 10.3 Å². The number of benzene rings is 1. The summed E-state index contributed by atoms with van der Waals surface area (Å²) in [6.45, 7) is 8.80. The van der Waals surface area contributed by atoms with Crippen LogP contribution in [0, 0.1) is 0 Å². The third-order valence-electron chi connectivity index (χ3n) is 5.81. The smallest absolute Gasteiger partial charge is 0.314 e. The molecule has 3 heterocycles. The first-order chi connectivity index (χ1) is 16.8. The number of hydrogen-bond acceptors (Lipinski definition) is 8. The molecule has 2 aliphatic heterocycles. The lowest BCUT2D eigenvalue weighted by Crippen LogP contribution is -2.36. The fourth-order valence-corrected chi connectivity index (χ4v) is 3.99. The van der Waals surface area contributed by atoms with Gasteiger partial charge in [0.05, 0.1) is 24.6 Å². The summed E-state index contributed by atoms with van der Waals surface area (Å²) in [7, 11) is 0. The molecular formula is C25H29ClN6O3. The molecule has 2 aromatic rings. The summed E-state index contributed by atoms with van der Waals surface area (Å²) in [6, 6.07) is 11.4. The van der Waals surface area contributed by atoms with Crippen molar-refractivity contribution in [3.8, 4) is 0 Å². The summed E-state index contributed by atoms with van der Waals surface area (Å²) in [5.41, 5.74) is 9.14. The highest BCUT2D eigenvalue weighted by Gasteiger charge is 2.24. The van der Waals surface area contributed by atoms with Crippen LogP contribution in [0.2, 0.25) is 0 Å². The molecule has 1 amide bonds. The topological polar surface area (TPSA) is 114 Å². The van der Waals surface area contributed by atoms with E-state index in [4.69, 9.17) is 26.8 Å². The number of ether oxygens (including phenoxy) is 2. The van der Waals surface area contributed by atoms with E-state index >= 15 is 0 Å². The zero-order valence-electron chi connectivity index (χ0n) is 20.0. The number of allylic oxidation sites excluding steroid dienone is 1. The number of halogens is 1. The van der Waals surface area contributed by atoms with Crippen LogP contribution < -0.4 is 16.0 Å². The van der Waals surface area contributed by atoms with E-state index in [9.17, 15) is 4.79 Å². The van der Waals surface area contributed by atoms with Crippen LogP contribution in [-0.4, -0.2) is 55.1 Å². The Hall–Kier alpha value is -3.43. The lowest BCUT2D eigenvalue weighted by atomic mass is 10.1. The van der Waals surface area contributed by atoms with E-state index in [0.29, 0.717) is 22.1 Å². The molecule has 1 aromatic carbocycles. The molecule has 0 spiro atoms. The second-order valence-electron chi connectivity index (χ2n) is 8.36. The number of nitrogens with two attached hydrogens (primary N) is 1. The molecule has 0 radical (unpaired) electrons. The fraction of sp³-hybridized carbons (Fsp3) is 0.360. The second-order valence-corrected chi connectivity index (χ2v) is 8.93. The zero-order chi connectivity index (χ0) is 24.9. The maximum absolute atomic E-state index is 11.5. The summed E-state index contributed by atoms with van der Waals surface area (Å²) in [4.78, 5) is 27.1. The number of amides is 1. The lowest BCUT2D eigenvalue weighted by Gasteiger charge is -2.29. The number of anilines is 1. The molecule has 1 aromatic heterocycles. The van der Waals surface area contributed by atoms with E-state index in [2.05, 4.69) is 37.3 Å². The van der Waals surface area contributed by atoms with Crippen LogP contribution >= 0.6 is 11.6 Å². The summed E-state index contributed by atoms with van der Waals surface area (Å²) < 4.78 is 11.3. The number of carbonyl (C=O) groups is 1. The molecule has 10 heteroatoms. The molecule has 2 aliphatic rings. The number of rotatable bonds is 6. The van der Waals surface area contributed by atoms with Gasteiger partial charge in [-0.25, -0.2) is 4.99 Å². The van der Waals surface area contributed by atoms with Gasteiger partial charge in [0.2, 0.25) is 5.91 Å². The Morgan fingerprint density at radius 3 is 2.60 bits per heavy atom. The predicted octanol–water partition coefficient (Wildman–Crippen LogP) is 3.47. The lowest BCUT2D eigenvalue weighted by molar-refractivity contribution is 0.1000. The third kappa shape index (κ3) is 5.98. The highest BCUT2D eigenvalue weighted by molar-refractivity contribution is 6.32. The van der Waals surface area contributed by atoms with Crippen molar-refractivity contribution in [3.63, 3.8) is 0 Å². The monoisotopic (exact) mass is 496 g/mol. The van der Waals surface area contributed by atoms with Crippen molar-refractivity contribution in [2.24, 2.45) is 15.7 Å². The molecule has 1 saturated heterocycles. The number of nitrogens with zero attached hydrogens (tertiary/aromatic N) is 4. The average Bonchev–Trinajstić information content (AvgIpc) is 3.21. The van der Waals surface area contributed by atoms with Gasteiger partial charge < -0.3 is 25.4 Å². The Morgan fingerprint density at radius 2 is 1.94 bits per heavy atom. The molecule has 0 bridgehead atoms. The Bertz CT molecular complexity index is 1170. The molecule has 2 unspecified atom stereocenters. The number of aromatic nitrogens is 1. The highest BCUT2D eigenvalue weighted by atomic mass is 35.5. The van der Waals surface area contributed by atoms with Gasteiger partial charge in [0, 0.05) is 35.6 Å². The van der Waals surface area contributed by atoms with Crippen LogP contribution in [0.4, 0.5) is 5.69 Å². The second kappa shape index (κ2) is 10.9. The van der Waals surface area contributed by atoms with Crippen molar-refractivity contribution >= 4 is 40.7 Å². The molecular weight excluding hydrogens is 468 g/mol. The van der Waals surface area contributed by atoms with E-state index in [-0.39, 0.29) is 12.1 Å². The normalized spacial score (nSPS) is 19.4. The van der Waals surface area contributed by atoms with Gasteiger partial charge >= 0.3 is 6.02 Å². The molecule has 4 rings (SSSR count). The third-order valence-corrected chi connectivity index (χ3v) is 6.00. The van der Waals surface area contributed by atoms with Gasteiger partial charge in [0.15, 0.2) is 0 Å². The number of pyridine rings is 1. The predicted molar refractivity (Wildman–Crippen MR) is 138 cm³/mol. The van der Waals surface area contributed by atoms with Crippen LogP contribution in [0.3, 0.4) is 0 Å². The van der Waals surface area contributed by atoms with Crippen molar-refractivity contribution < 1.29 is 14.3 Å². The average molecular weight is 497 g/mol. The Labute approximate surface area is 209 Å². The number of primary amides is 1. The first-order valence-electron chi connectivity index (χ1n) is 11.5. The number of carbonyl (C=O) groups excluding carboxylic acids is 1. The summed E-state index contributed by atoms with van der Waals surface area (Å²) >= 11 is 6.45. The van der Waals surface area contributed by atoms with E-state index in [0.717, 1.165) is 43.3 Å². The van der Waals surface area contributed by atoms with Crippen LogP contribution in [0.15, 0.2) is 57.6 Å². The van der Waals surface area contributed by atoms with E-state index in [1.165, 1.54) is 6.20 Å².